The molecule has 0 aliphatic rings. The molecule has 2 aromatic rings. The molecular weight excluding hydrogens is 303 g/mol. The van der Waals surface area contributed by atoms with Crippen LogP contribution in [0.1, 0.15) is 5.56 Å². The van der Waals surface area contributed by atoms with Crippen LogP contribution in [0.5, 0.6) is 0 Å². The molecule has 0 fully saturated rings. The summed E-state index contributed by atoms with van der Waals surface area (Å²) in [4.78, 5) is -0.774. The van der Waals surface area contributed by atoms with Crippen molar-refractivity contribution < 1.29 is 21.6 Å². The van der Waals surface area contributed by atoms with Crippen molar-refractivity contribution in [1.82, 2.24) is 0 Å². The number of halogens is 3. The van der Waals surface area contributed by atoms with Crippen LogP contribution in [-0.2, 0) is 9.84 Å². The molecule has 21 heavy (non-hydrogen) atoms. The lowest BCUT2D eigenvalue weighted by Crippen LogP contribution is -2.23. The largest absolute Gasteiger partial charge is 0.501 e. The van der Waals surface area contributed by atoms with Crippen LogP contribution in [0.3, 0.4) is 0 Å². The third kappa shape index (κ3) is 3.36. The Morgan fingerprint density at radius 3 is 1.71 bits per heavy atom. The van der Waals surface area contributed by atoms with E-state index in [2.05, 4.69) is 5.32 Å². The molecule has 0 amide bonds. The molecule has 0 aliphatic heterocycles. The lowest BCUT2D eigenvalue weighted by Gasteiger charge is -2.10. The number of anilines is 2. The first-order valence-electron chi connectivity index (χ1n) is 5.95. The van der Waals surface area contributed by atoms with E-state index in [4.69, 9.17) is 0 Å². The predicted molar refractivity (Wildman–Crippen MR) is 74.1 cm³/mol. The highest BCUT2D eigenvalue weighted by Gasteiger charge is 2.46. The Bertz CT molecular complexity index is 720. The van der Waals surface area contributed by atoms with Crippen LogP contribution in [-0.4, -0.2) is 13.9 Å². The Balaban J connectivity index is 2.22. The fraction of sp³-hybridized carbons (Fsp3) is 0.143. The van der Waals surface area contributed by atoms with Crippen molar-refractivity contribution in [3.8, 4) is 0 Å². The van der Waals surface area contributed by atoms with E-state index in [1.165, 1.54) is 12.1 Å². The third-order valence-corrected chi connectivity index (χ3v) is 4.31. The second-order valence-corrected chi connectivity index (χ2v) is 6.41. The van der Waals surface area contributed by atoms with Crippen LogP contribution in [0, 0.1) is 6.92 Å². The number of aryl methyl sites for hydroxylation is 1. The maximum absolute atomic E-state index is 12.4. The van der Waals surface area contributed by atoms with Crippen molar-refractivity contribution in [1.29, 1.82) is 0 Å². The summed E-state index contributed by atoms with van der Waals surface area (Å²) < 4.78 is 59.6. The average molecular weight is 315 g/mol. The summed E-state index contributed by atoms with van der Waals surface area (Å²) in [5, 5.41) is 2.97. The van der Waals surface area contributed by atoms with E-state index in [0.717, 1.165) is 23.4 Å². The molecule has 1 N–H and O–H groups in total. The molecule has 2 aromatic carbocycles. The van der Waals surface area contributed by atoms with Crippen LogP contribution in [0.4, 0.5) is 24.5 Å². The van der Waals surface area contributed by atoms with Crippen LogP contribution < -0.4 is 5.32 Å². The Hall–Kier alpha value is -2.02. The number of hydrogen-bond donors (Lipinski definition) is 1. The van der Waals surface area contributed by atoms with Gasteiger partial charge in [0.1, 0.15) is 0 Å². The van der Waals surface area contributed by atoms with Gasteiger partial charge in [0.05, 0.1) is 4.90 Å². The molecule has 0 aliphatic carbocycles. The standard InChI is InChI=1S/C14H12F3NO2S/c1-10-2-4-11(5-3-10)18-12-6-8-13(9-7-12)21(19,20)14(15,16)17/h2-9,18H,1H3. The van der Waals surface area contributed by atoms with E-state index in [-0.39, 0.29) is 0 Å². The smallest absolute Gasteiger partial charge is 0.356 e. The Labute approximate surface area is 120 Å². The number of benzene rings is 2. The van der Waals surface area contributed by atoms with Gasteiger partial charge in [-0.05, 0) is 43.3 Å². The van der Waals surface area contributed by atoms with E-state index in [9.17, 15) is 21.6 Å². The van der Waals surface area contributed by atoms with Gasteiger partial charge in [-0.3, -0.25) is 0 Å². The minimum atomic E-state index is -5.30. The molecule has 0 bridgehead atoms. The molecule has 0 aromatic heterocycles. The van der Waals surface area contributed by atoms with Gasteiger partial charge in [0.2, 0.25) is 0 Å². The minimum absolute atomic E-state index is 0.500. The highest BCUT2D eigenvalue weighted by atomic mass is 32.2. The van der Waals surface area contributed by atoms with Crippen molar-refractivity contribution in [2.24, 2.45) is 0 Å². The summed E-state index contributed by atoms with van der Waals surface area (Å²) in [7, 11) is -5.30. The maximum atomic E-state index is 12.4. The van der Waals surface area contributed by atoms with Gasteiger partial charge in [0, 0.05) is 11.4 Å². The lowest BCUT2D eigenvalue weighted by atomic mass is 10.2. The van der Waals surface area contributed by atoms with Gasteiger partial charge in [0.15, 0.2) is 0 Å². The summed E-state index contributed by atoms with van der Waals surface area (Å²) in [5.74, 6) is 0. The first kappa shape index (κ1) is 15.4. The summed E-state index contributed by atoms with van der Waals surface area (Å²) in [5.41, 5.74) is -2.96. The molecule has 3 nitrogen and oxygen atoms in total. The first-order chi connectivity index (χ1) is 9.70. The molecule has 0 radical (unpaired) electrons. The van der Waals surface area contributed by atoms with Crippen molar-refractivity contribution in [2.45, 2.75) is 17.3 Å². The number of alkyl halides is 3. The summed E-state index contributed by atoms with van der Waals surface area (Å²) in [6.45, 7) is 1.93. The van der Waals surface area contributed by atoms with Crippen LogP contribution in [0.25, 0.3) is 0 Å². The van der Waals surface area contributed by atoms with Crippen molar-refractivity contribution in [3.05, 3.63) is 54.1 Å². The number of rotatable bonds is 3. The van der Waals surface area contributed by atoms with Gasteiger partial charge >= 0.3 is 5.51 Å². The van der Waals surface area contributed by atoms with Crippen LogP contribution in [0.2, 0.25) is 0 Å². The summed E-state index contributed by atoms with van der Waals surface area (Å²) >= 11 is 0. The average Bonchev–Trinajstić information content (AvgIpc) is 2.41. The van der Waals surface area contributed by atoms with E-state index in [1.54, 1.807) is 0 Å². The zero-order valence-electron chi connectivity index (χ0n) is 11.0. The molecule has 0 unspecified atom stereocenters. The summed E-state index contributed by atoms with van der Waals surface area (Å²) in [6.07, 6.45) is 0. The fourth-order valence-electron chi connectivity index (χ4n) is 1.65. The molecule has 112 valence electrons. The summed E-state index contributed by atoms with van der Waals surface area (Å²) in [6, 6.07) is 11.8. The molecular formula is C14H12F3NO2S. The molecule has 0 heterocycles. The van der Waals surface area contributed by atoms with E-state index >= 15 is 0 Å². The Kier molecular flexibility index (Phi) is 3.95. The topological polar surface area (TPSA) is 46.2 Å². The highest BCUT2D eigenvalue weighted by molar-refractivity contribution is 7.92. The highest BCUT2D eigenvalue weighted by Crippen LogP contribution is 2.31. The van der Waals surface area contributed by atoms with Gasteiger partial charge in [-0.1, -0.05) is 17.7 Å². The van der Waals surface area contributed by atoms with Gasteiger partial charge in [-0.2, -0.15) is 13.2 Å². The van der Waals surface area contributed by atoms with E-state index in [1.807, 2.05) is 31.2 Å². The third-order valence-electron chi connectivity index (χ3n) is 2.81. The predicted octanol–water partition coefficient (Wildman–Crippen LogP) is 4.03. The molecule has 0 saturated carbocycles. The SMILES string of the molecule is Cc1ccc(Nc2ccc(S(=O)(=O)C(F)(F)F)cc2)cc1. The normalized spacial score (nSPS) is 12.2. The fourth-order valence-corrected chi connectivity index (χ4v) is 2.42. The Morgan fingerprint density at radius 1 is 0.857 bits per heavy atom. The van der Waals surface area contributed by atoms with E-state index < -0.39 is 20.2 Å². The van der Waals surface area contributed by atoms with Crippen LogP contribution >= 0.6 is 0 Å². The van der Waals surface area contributed by atoms with Crippen molar-refractivity contribution in [2.75, 3.05) is 5.32 Å². The van der Waals surface area contributed by atoms with Crippen molar-refractivity contribution >= 4 is 21.2 Å². The number of hydrogen-bond acceptors (Lipinski definition) is 3. The number of sulfone groups is 1. The van der Waals surface area contributed by atoms with Crippen LogP contribution in [0.15, 0.2) is 53.4 Å². The lowest BCUT2D eigenvalue weighted by molar-refractivity contribution is -0.0436. The molecule has 2 rings (SSSR count). The monoisotopic (exact) mass is 315 g/mol. The molecule has 0 spiro atoms. The molecule has 0 atom stereocenters. The minimum Gasteiger partial charge on any atom is -0.356 e. The first-order valence-corrected chi connectivity index (χ1v) is 7.43. The van der Waals surface area contributed by atoms with Gasteiger partial charge < -0.3 is 5.32 Å². The van der Waals surface area contributed by atoms with Gasteiger partial charge in [0.25, 0.3) is 9.84 Å². The number of nitrogens with one attached hydrogen (secondary N) is 1. The van der Waals surface area contributed by atoms with Gasteiger partial charge in [-0.25, -0.2) is 8.42 Å². The zero-order chi connectivity index (χ0) is 15.7. The van der Waals surface area contributed by atoms with Gasteiger partial charge in [-0.15, -0.1) is 0 Å². The molecule has 7 heteroatoms. The maximum Gasteiger partial charge on any atom is 0.501 e. The zero-order valence-corrected chi connectivity index (χ0v) is 11.8. The quantitative estimate of drug-likeness (QED) is 0.930. The van der Waals surface area contributed by atoms with E-state index in [0.29, 0.717) is 5.69 Å². The molecule has 0 saturated heterocycles. The second-order valence-electron chi connectivity index (χ2n) is 4.46. The Morgan fingerprint density at radius 2 is 1.29 bits per heavy atom. The van der Waals surface area contributed by atoms with Crippen molar-refractivity contribution in [3.63, 3.8) is 0 Å². The second kappa shape index (κ2) is 5.40.